The Balaban J connectivity index is 2.10. The Kier molecular flexibility index (Phi) is 5.36. The Morgan fingerprint density at radius 3 is 2.46 bits per heavy atom. The Bertz CT molecular complexity index is 1110. The van der Waals surface area contributed by atoms with Crippen LogP contribution in [0.2, 0.25) is 0 Å². The second-order valence-electron chi connectivity index (χ2n) is 5.93. The molecule has 0 unspecified atom stereocenters. The van der Waals surface area contributed by atoms with Crippen LogP contribution in [0.5, 0.6) is 5.75 Å². The summed E-state index contributed by atoms with van der Waals surface area (Å²) in [6.07, 6.45) is 0.599. The molecule has 2 aromatic carbocycles. The molecule has 0 fully saturated rings. The molecule has 3 N–H and O–H groups in total. The maximum atomic E-state index is 14.3. The Morgan fingerprint density at radius 1 is 1.14 bits per heavy atom. The predicted octanol–water partition coefficient (Wildman–Crippen LogP) is 2.87. The van der Waals surface area contributed by atoms with Crippen LogP contribution in [0.4, 0.5) is 9.18 Å². The maximum absolute atomic E-state index is 14.3. The Labute approximate surface area is 160 Å². The SMILES string of the molecule is NC(=O)OCCc1cc(-c2ccccc2F)n(S(=O)(=O)c2ccc(O)cc2)c1. The van der Waals surface area contributed by atoms with Crippen molar-refractivity contribution in [2.75, 3.05) is 6.61 Å². The van der Waals surface area contributed by atoms with Gasteiger partial charge in [0.2, 0.25) is 0 Å². The molecule has 0 aliphatic carbocycles. The molecule has 0 spiro atoms. The van der Waals surface area contributed by atoms with Crippen LogP contribution in [0.1, 0.15) is 5.56 Å². The average Bonchev–Trinajstić information content (AvgIpc) is 3.07. The second-order valence-corrected chi connectivity index (χ2v) is 7.74. The van der Waals surface area contributed by atoms with E-state index in [0.29, 0.717) is 5.56 Å². The number of halogens is 1. The van der Waals surface area contributed by atoms with Gasteiger partial charge in [0.1, 0.15) is 11.6 Å². The Morgan fingerprint density at radius 2 is 1.82 bits per heavy atom. The van der Waals surface area contributed by atoms with E-state index in [2.05, 4.69) is 4.74 Å². The summed E-state index contributed by atoms with van der Waals surface area (Å²) in [5.41, 5.74) is 5.67. The van der Waals surface area contributed by atoms with E-state index < -0.39 is 21.9 Å². The van der Waals surface area contributed by atoms with Gasteiger partial charge in [-0.3, -0.25) is 0 Å². The fourth-order valence-corrected chi connectivity index (χ4v) is 4.09. The highest BCUT2D eigenvalue weighted by molar-refractivity contribution is 7.90. The number of amides is 1. The van der Waals surface area contributed by atoms with Gasteiger partial charge in [0.15, 0.2) is 0 Å². The lowest BCUT2D eigenvalue weighted by Crippen LogP contribution is -2.15. The van der Waals surface area contributed by atoms with E-state index in [4.69, 9.17) is 5.73 Å². The number of carbonyl (C=O) groups excluding carboxylic acids is 1. The number of phenolic OH excluding ortho intramolecular Hbond substituents is 1. The van der Waals surface area contributed by atoms with Crippen molar-refractivity contribution in [1.82, 2.24) is 3.97 Å². The third kappa shape index (κ3) is 3.99. The van der Waals surface area contributed by atoms with Gasteiger partial charge in [-0.15, -0.1) is 0 Å². The summed E-state index contributed by atoms with van der Waals surface area (Å²) in [6, 6.07) is 12.3. The molecule has 7 nitrogen and oxygen atoms in total. The van der Waals surface area contributed by atoms with E-state index in [1.54, 1.807) is 6.07 Å². The van der Waals surface area contributed by atoms with Crippen LogP contribution in [-0.2, 0) is 21.2 Å². The van der Waals surface area contributed by atoms with Crippen molar-refractivity contribution in [2.24, 2.45) is 5.73 Å². The van der Waals surface area contributed by atoms with Gasteiger partial charge in [-0.05, 0) is 48.0 Å². The van der Waals surface area contributed by atoms with E-state index in [0.717, 1.165) is 3.97 Å². The van der Waals surface area contributed by atoms with Crippen LogP contribution in [0.15, 0.2) is 65.7 Å². The molecule has 0 saturated heterocycles. The molecule has 0 radical (unpaired) electrons. The van der Waals surface area contributed by atoms with E-state index in [-0.39, 0.29) is 34.9 Å². The number of nitrogens with zero attached hydrogens (tertiary/aromatic N) is 1. The van der Waals surface area contributed by atoms with Gasteiger partial charge < -0.3 is 15.6 Å². The molecule has 1 amide bonds. The summed E-state index contributed by atoms with van der Waals surface area (Å²) in [4.78, 5) is 10.7. The number of rotatable bonds is 6. The standard InChI is InChI=1S/C19H17FN2O5S/c20-17-4-2-1-3-16(17)18-11-13(9-10-27-19(21)24)12-22(18)28(25,26)15-7-5-14(23)6-8-15/h1-8,11-12,23H,9-10H2,(H2,21,24). The number of aromatic hydroxyl groups is 1. The molecule has 1 aromatic heterocycles. The highest BCUT2D eigenvalue weighted by atomic mass is 32.2. The molecule has 146 valence electrons. The van der Waals surface area contributed by atoms with Crippen molar-refractivity contribution >= 4 is 16.1 Å². The van der Waals surface area contributed by atoms with Gasteiger partial charge in [0.05, 0.1) is 17.2 Å². The zero-order chi connectivity index (χ0) is 20.3. The summed E-state index contributed by atoms with van der Waals surface area (Å²) >= 11 is 0. The van der Waals surface area contributed by atoms with E-state index in [1.807, 2.05) is 0 Å². The third-order valence-corrected chi connectivity index (χ3v) is 5.71. The van der Waals surface area contributed by atoms with Gasteiger partial charge >= 0.3 is 6.09 Å². The molecule has 3 aromatic rings. The lowest BCUT2D eigenvalue weighted by molar-refractivity contribution is 0.158. The predicted molar refractivity (Wildman–Crippen MR) is 99.8 cm³/mol. The normalized spacial score (nSPS) is 11.3. The van der Waals surface area contributed by atoms with Crippen LogP contribution in [-0.4, -0.2) is 30.2 Å². The van der Waals surface area contributed by atoms with Gasteiger partial charge in [-0.2, -0.15) is 0 Å². The minimum atomic E-state index is -4.07. The minimum absolute atomic E-state index is 0.0463. The lowest BCUT2D eigenvalue weighted by Gasteiger charge is -2.11. The number of phenols is 1. The van der Waals surface area contributed by atoms with Gasteiger partial charge in [0.25, 0.3) is 10.0 Å². The molecule has 0 saturated carbocycles. The van der Waals surface area contributed by atoms with Crippen LogP contribution in [0, 0.1) is 5.82 Å². The first kappa shape index (κ1) is 19.4. The summed E-state index contributed by atoms with van der Waals surface area (Å²) in [5, 5.41) is 9.41. The van der Waals surface area contributed by atoms with Crippen molar-refractivity contribution in [1.29, 1.82) is 0 Å². The highest BCUT2D eigenvalue weighted by Crippen LogP contribution is 2.29. The number of aromatic nitrogens is 1. The van der Waals surface area contributed by atoms with Gasteiger partial charge in [0, 0.05) is 18.2 Å². The van der Waals surface area contributed by atoms with Crippen LogP contribution < -0.4 is 5.73 Å². The molecule has 1 heterocycles. The van der Waals surface area contributed by atoms with Crippen LogP contribution >= 0.6 is 0 Å². The fourth-order valence-electron chi connectivity index (χ4n) is 2.70. The number of nitrogens with two attached hydrogens (primary N) is 1. The first-order chi connectivity index (χ1) is 13.3. The fraction of sp³-hybridized carbons (Fsp3) is 0.105. The molecule has 28 heavy (non-hydrogen) atoms. The number of primary amides is 1. The van der Waals surface area contributed by atoms with Crippen molar-refractivity contribution < 1.29 is 27.4 Å². The molecular formula is C19H17FN2O5S. The van der Waals surface area contributed by atoms with Crippen LogP contribution in [0.3, 0.4) is 0 Å². The first-order valence-electron chi connectivity index (χ1n) is 8.22. The topological polar surface area (TPSA) is 112 Å². The second kappa shape index (κ2) is 7.73. The molecule has 9 heteroatoms. The Hall–Kier alpha value is -3.33. The average molecular weight is 404 g/mol. The maximum Gasteiger partial charge on any atom is 0.404 e. The zero-order valence-corrected chi connectivity index (χ0v) is 15.4. The smallest absolute Gasteiger partial charge is 0.404 e. The van der Waals surface area contributed by atoms with Crippen molar-refractivity contribution in [3.8, 4) is 17.0 Å². The summed E-state index contributed by atoms with van der Waals surface area (Å²) in [7, 11) is -4.07. The monoisotopic (exact) mass is 404 g/mol. The molecule has 0 aliphatic rings. The van der Waals surface area contributed by atoms with Crippen molar-refractivity contribution in [3.63, 3.8) is 0 Å². The van der Waals surface area contributed by atoms with E-state index in [1.165, 1.54) is 54.7 Å². The summed E-state index contributed by atoms with van der Waals surface area (Å²) in [5.74, 6) is -0.659. The number of hydrogen-bond donors (Lipinski definition) is 2. The largest absolute Gasteiger partial charge is 0.508 e. The molecule has 0 atom stereocenters. The lowest BCUT2D eigenvalue weighted by atomic mass is 10.1. The molecule has 3 rings (SSSR count). The number of benzene rings is 2. The number of carbonyl (C=O) groups is 1. The van der Waals surface area contributed by atoms with Gasteiger partial charge in [-0.25, -0.2) is 21.6 Å². The van der Waals surface area contributed by atoms with Crippen molar-refractivity contribution in [3.05, 3.63) is 72.2 Å². The third-order valence-electron chi connectivity index (χ3n) is 4.02. The molecule has 0 bridgehead atoms. The first-order valence-corrected chi connectivity index (χ1v) is 9.66. The summed E-state index contributed by atoms with van der Waals surface area (Å²) in [6.45, 7) is -0.0463. The van der Waals surface area contributed by atoms with E-state index in [9.17, 15) is 22.7 Å². The number of hydrogen-bond acceptors (Lipinski definition) is 5. The van der Waals surface area contributed by atoms with E-state index >= 15 is 0 Å². The molecular weight excluding hydrogens is 387 g/mol. The van der Waals surface area contributed by atoms with Crippen LogP contribution in [0.25, 0.3) is 11.3 Å². The summed E-state index contributed by atoms with van der Waals surface area (Å²) < 4.78 is 46.2. The minimum Gasteiger partial charge on any atom is -0.508 e. The van der Waals surface area contributed by atoms with Crippen molar-refractivity contribution in [2.45, 2.75) is 11.3 Å². The number of ether oxygens (including phenoxy) is 1. The molecule has 0 aliphatic heterocycles. The quantitative estimate of drug-likeness (QED) is 0.656. The zero-order valence-electron chi connectivity index (χ0n) is 14.6. The van der Waals surface area contributed by atoms with Gasteiger partial charge in [-0.1, -0.05) is 12.1 Å². The highest BCUT2D eigenvalue weighted by Gasteiger charge is 2.23.